The van der Waals surface area contributed by atoms with Crippen LogP contribution in [0.25, 0.3) is 0 Å². The van der Waals surface area contributed by atoms with Crippen molar-refractivity contribution in [2.24, 2.45) is 4.99 Å². The highest BCUT2D eigenvalue weighted by atomic mass is 16.5. The van der Waals surface area contributed by atoms with Gasteiger partial charge in [-0.2, -0.15) is 0 Å². The van der Waals surface area contributed by atoms with E-state index in [-0.39, 0.29) is 12.0 Å². The summed E-state index contributed by atoms with van der Waals surface area (Å²) in [7, 11) is 5.91. The quantitative estimate of drug-likeness (QED) is 0.517. The molecule has 30 heavy (non-hydrogen) atoms. The SMILES string of the molecule is COc1ccc(N2C=NC(C(=O)C=O)C2c2cc(OC)c(OC)c(OC)c2)cc1O. The van der Waals surface area contributed by atoms with Crippen molar-refractivity contribution in [2.75, 3.05) is 33.3 Å². The Morgan fingerprint density at radius 2 is 1.63 bits per heavy atom. The van der Waals surface area contributed by atoms with Gasteiger partial charge >= 0.3 is 0 Å². The normalized spacial score (nSPS) is 17.5. The lowest BCUT2D eigenvalue weighted by Gasteiger charge is -2.28. The highest BCUT2D eigenvalue weighted by Gasteiger charge is 2.38. The summed E-state index contributed by atoms with van der Waals surface area (Å²) in [6.45, 7) is 0. The molecule has 2 aromatic rings. The average molecular weight is 414 g/mol. The molecule has 2 unspecified atom stereocenters. The molecule has 0 aliphatic carbocycles. The summed E-state index contributed by atoms with van der Waals surface area (Å²) in [6, 6.07) is 6.54. The Kier molecular flexibility index (Phi) is 6.10. The van der Waals surface area contributed by atoms with E-state index < -0.39 is 17.9 Å². The molecule has 0 saturated heterocycles. The number of hydrogen-bond acceptors (Lipinski definition) is 9. The number of methoxy groups -OCH3 is 4. The van der Waals surface area contributed by atoms with E-state index in [1.807, 2.05) is 0 Å². The van der Waals surface area contributed by atoms with Crippen molar-refractivity contribution in [1.29, 1.82) is 0 Å². The van der Waals surface area contributed by atoms with Crippen LogP contribution >= 0.6 is 0 Å². The maximum Gasteiger partial charge on any atom is 0.222 e. The van der Waals surface area contributed by atoms with Crippen LogP contribution in [-0.4, -0.2) is 58.0 Å². The zero-order chi connectivity index (χ0) is 21.8. The van der Waals surface area contributed by atoms with Crippen LogP contribution in [0.4, 0.5) is 5.69 Å². The predicted octanol–water partition coefficient (Wildman–Crippen LogP) is 2.15. The molecule has 1 N–H and O–H groups in total. The molecule has 0 bridgehead atoms. The molecule has 0 spiro atoms. The fourth-order valence-electron chi connectivity index (χ4n) is 3.43. The van der Waals surface area contributed by atoms with Crippen LogP contribution in [0.15, 0.2) is 35.3 Å². The molecule has 0 radical (unpaired) electrons. The van der Waals surface area contributed by atoms with Crippen molar-refractivity contribution in [3.63, 3.8) is 0 Å². The van der Waals surface area contributed by atoms with Gasteiger partial charge in [-0.15, -0.1) is 0 Å². The highest BCUT2D eigenvalue weighted by molar-refractivity contribution is 6.28. The number of Topliss-reactive ketones (excluding diaryl/α,β-unsaturated/α-hetero) is 1. The molecule has 2 atom stereocenters. The minimum atomic E-state index is -0.977. The summed E-state index contributed by atoms with van der Waals surface area (Å²) in [6.07, 6.45) is 1.71. The fraction of sp³-hybridized carbons (Fsp3) is 0.286. The number of aliphatic imine (C=N–C) groups is 1. The van der Waals surface area contributed by atoms with E-state index in [0.717, 1.165) is 0 Å². The first kappa shape index (κ1) is 21.0. The molecule has 0 fully saturated rings. The van der Waals surface area contributed by atoms with E-state index >= 15 is 0 Å². The van der Waals surface area contributed by atoms with Crippen LogP contribution < -0.4 is 23.8 Å². The number of hydrogen-bond donors (Lipinski definition) is 1. The summed E-state index contributed by atoms with van der Waals surface area (Å²) in [5, 5.41) is 10.2. The predicted molar refractivity (Wildman–Crippen MR) is 109 cm³/mol. The lowest BCUT2D eigenvalue weighted by molar-refractivity contribution is -0.130. The van der Waals surface area contributed by atoms with Crippen LogP contribution in [0.3, 0.4) is 0 Å². The Hall–Kier alpha value is -3.75. The number of nitrogens with zero attached hydrogens (tertiary/aromatic N) is 2. The number of benzene rings is 2. The number of aldehydes is 1. The van der Waals surface area contributed by atoms with Crippen LogP contribution in [0.1, 0.15) is 11.6 Å². The van der Waals surface area contributed by atoms with Crippen molar-refractivity contribution in [1.82, 2.24) is 0 Å². The van der Waals surface area contributed by atoms with Crippen molar-refractivity contribution in [3.05, 3.63) is 35.9 Å². The Morgan fingerprint density at radius 3 is 2.13 bits per heavy atom. The van der Waals surface area contributed by atoms with Crippen LogP contribution in [-0.2, 0) is 9.59 Å². The maximum absolute atomic E-state index is 12.3. The topological polar surface area (TPSA) is 107 Å². The molecule has 1 heterocycles. The minimum absolute atomic E-state index is 0.0720. The Morgan fingerprint density at radius 1 is 1.00 bits per heavy atom. The first-order chi connectivity index (χ1) is 14.5. The monoisotopic (exact) mass is 414 g/mol. The van der Waals surface area contributed by atoms with E-state index in [4.69, 9.17) is 18.9 Å². The third-order valence-electron chi connectivity index (χ3n) is 4.85. The molecular weight excluding hydrogens is 392 g/mol. The number of aromatic hydroxyl groups is 1. The molecule has 1 aliphatic rings. The zero-order valence-corrected chi connectivity index (χ0v) is 17.0. The Labute approximate surface area is 173 Å². The van der Waals surface area contributed by atoms with Gasteiger partial charge in [0.25, 0.3) is 0 Å². The average Bonchev–Trinajstić information content (AvgIpc) is 3.22. The van der Waals surface area contributed by atoms with Crippen molar-refractivity contribution in [3.8, 4) is 28.7 Å². The number of rotatable bonds is 8. The summed E-state index contributed by atoms with van der Waals surface area (Å²) >= 11 is 0. The van der Waals surface area contributed by atoms with Gasteiger partial charge in [0.2, 0.25) is 11.5 Å². The van der Waals surface area contributed by atoms with Gasteiger partial charge in [0.05, 0.1) is 40.8 Å². The molecule has 2 aromatic carbocycles. The van der Waals surface area contributed by atoms with E-state index in [0.29, 0.717) is 34.2 Å². The summed E-state index contributed by atoms with van der Waals surface area (Å²) < 4.78 is 21.3. The number of phenols is 1. The van der Waals surface area contributed by atoms with Gasteiger partial charge in [-0.25, -0.2) is 0 Å². The third-order valence-corrected chi connectivity index (χ3v) is 4.85. The fourth-order valence-corrected chi connectivity index (χ4v) is 3.43. The van der Waals surface area contributed by atoms with Gasteiger partial charge in [-0.1, -0.05) is 0 Å². The highest BCUT2D eigenvalue weighted by Crippen LogP contribution is 2.44. The van der Waals surface area contributed by atoms with Gasteiger partial charge in [0, 0.05) is 11.8 Å². The number of ketones is 1. The first-order valence-corrected chi connectivity index (χ1v) is 8.96. The van der Waals surface area contributed by atoms with Gasteiger partial charge in [-0.3, -0.25) is 14.6 Å². The van der Waals surface area contributed by atoms with E-state index in [2.05, 4.69) is 4.99 Å². The van der Waals surface area contributed by atoms with Crippen LogP contribution in [0.5, 0.6) is 28.7 Å². The van der Waals surface area contributed by atoms with E-state index in [1.165, 1.54) is 40.8 Å². The Balaban J connectivity index is 2.14. The van der Waals surface area contributed by atoms with Crippen molar-refractivity contribution >= 4 is 24.1 Å². The molecule has 9 heteroatoms. The number of anilines is 1. The molecule has 1 aliphatic heterocycles. The first-order valence-electron chi connectivity index (χ1n) is 8.96. The molecule has 3 rings (SSSR count). The second-order valence-electron chi connectivity index (χ2n) is 6.40. The van der Waals surface area contributed by atoms with Gasteiger partial charge in [0.15, 0.2) is 29.3 Å². The summed E-state index contributed by atoms with van der Waals surface area (Å²) in [4.78, 5) is 29.5. The number of ether oxygens (including phenoxy) is 4. The van der Waals surface area contributed by atoms with Crippen LogP contribution in [0, 0.1) is 0 Å². The van der Waals surface area contributed by atoms with Gasteiger partial charge in [-0.05, 0) is 29.8 Å². The van der Waals surface area contributed by atoms with Gasteiger partial charge in [0.1, 0.15) is 6.04 Å². The largest absolute Gasteiger partial charge is 0.504 e. The van der Waals surface area contributed by atoms with E-state index in [1.54, 1.807) is 29.2 Å². The molecule has 0 amide bonds. The molecule has 0 aromatic heterocycles. The third kappa shape index (κ3) is 3.61. The molecule has 9 nitrogen and oxygen atoms in total. The number of carbonyl (C=O) groups excluding carboxylic acids is 2. The minimum Gasteiger partial charge on any atom is -0.504 e. The lowest BCUT2D eigenvalue weighted by Crippen LogP contribution is -2.33. The number of carbonyl (C=O) groups is 2. The van der Waals surface area contributed by atoms with Crippen LogP contribution in [0.2, 0.25) is 0 Å². The molecular formula is C21H22N2O7. The lowest BCUT2D eigenvalue weighted by atomic mass is 9.95. The second-order valence-corrected chi connectivity index (χ2v) is 6.40. The maximum atomic E-state index is 12.3. The molecule has 0 saturated carbocycles. The summed E-state index contributed by atoms with van der Waals surface area (Å²) in [5.41, 5.74) is 1.16. The molecule has 158 valence electrons. The van der Waals surface area contributed by atoms with Crippen molar-refractivity contribution < 1.29 is 33.6 Å². The van der Waals surface area contributed by atoms with E-state index in [9.17, 15) is 14.7 Å². The summed E-state index contributed by atoms with van der Waals surface area (Å²) in [5.74, 6) is 0.749. The second kappa shape index (κ2) is 8.73. The zero-order valence-electron chi connectivity index (χ0n) is 17.0. The van der Waals surface area contributed by atoms with Crippen molar-refractivity contribution in [2.45, 2.75) is 12.1 Å². The smallest absolute Gasteiger partial charge is 0.222 e. The Bertz CT molecular complexity index is 964. The van der Waals surface area contributed by atoms with Gasteiger partial charge < -0.3 is 29.0 Å². The standard InChI is InChI=1S/C21H22N2O7/c1-27-16-6-5-13(9-14(16)25)23-11-22-19(15(26)10-24)20(23)12-7-17(28-2)21(30-4)18(8-12)29-3/h5-11,19-20,25H,1-4H3. The number of phenolic OH excluding ortho intramolecular Hbond substituents is 1.